The largest absolute Gasteiger partial charge is 0.493 e. The molecule has 0 radical (unpaired) electrons. The fourth-order valence-corrected chi connectivity index (χ4v) is 2.05. The normalized spacial score (nSPS) is 11.2. The van der Waals surface area contributed by atoms with Crippen molar-refractivity contribution in [1.29, 1.82) is 0 Å². The van der Waals surface area contributed by atoms with E-state index in [4.69, 9.17) is 0 Å². The van der Waals surface area contributed by atoms with Crippen molar-refractivity contribution in [2.45, 2.75) is 6.92 Å². The number of aryl methyl sites for hydroxylation is 1. The minimum Gasteiger partial charge on any atom is -0.493 e. The molecule has 0 bridgehead atoms. The molecule has 1 N–H and O–H groups in total. The summed E-state index contributed by atoms with van der Waals surface area (Å²) in [5.74, 6) is -0.287. The van der Waals surface area contributed by atoms with Gasteiger partial charge in [0.05, 0.1) is 4.92 Å². The van der Waals surface area contributed by atoms with E-state index >= 15 is 0 Å². The predicted molar refractivity (Wildman–Crippen MR) is 86.0 cm³/mol. The van der Waals surface area contributed by atoms with Gasteiger partial charge >= 0.3 is 0 Å². The fraction of sp³-hybridized carbons (Fsp3) is 0.0667. The van der Waals surface area contributed by atoms with E-state index in [0.717, 1.165) is 18.0 Å². The van der Waals surface area contributed by atoms with Crippen LogP contribution in [-0.2, 0) is 0 Å². The molecule has 24 heavy (non-hydrogen) atoms. The number of hydrogen-bond acceptors (Lipinski definition) is 7. The summed E-state index contributed by atoms with van der Waals surface area (Å²) >= 11 is 0. The Labute approximate surface area is 134 Å². The average molecular weight is 325 g/mol. The minimum atomic E-state index is -0.575. The lowest BCUT2D eigenvalue weighted by Crippen LogP contribution is -2.19. The zero-order chi connectivity index (χ0) is 17.3. The van der Waals surface area contributed by atoms with E-state index < -0.39 is 16.4 Å². The number of fused-ring (bicyclic) bond motifs is 1. The molecule has 9 nitrogen and oxygen atoms in total. The summed E-state index contributed by atoms with van der Waals surface area (Å²) in [5.41, 5.74) is 0.472. The molecule has 0 unspecified atom stereocenters. The van der Waals surface area contributed by atoms with Gasteiger partial charge in [-0.1, -0.05) is 0 Å². The zero-order valence-corrected chi connectivity index (χ0v) is 12.4. The maximum atomic E-state index is 12.4. The smallest absolute Gasteiger partial charge is 0.287 e. The second-order valence-corrected chi connectivity index (χ2v) is 4.98. The molecular weight excluding hydrogens is 314 g/mol. The highest BCUT2D eigenvalue weighted by Gasteiger charge is 2.10. The second-order valence-electron chi connectivity index (χ2n) is 4.98. The number of pyridine rings is 2. The number of aromatic nitrogens is 3. The van der Waals surface area contributed by atoms with Crippen LogP contribution in [0.15, 0.2) is 46.4 Å². The lowest BCUT2D eigenvalue weighted by Gasteiger charge is -2.04. The Kier molecular flexibility index (Phi) is 3.74. The van der Waals surface area contributed by atoms with Crippen LogP contribution in [0.4, 0.5) is 11.5 Å². The van der Waals surface area contributed by atoms with Gasteiger partial charge in [-0.3, -0.25) is 19.3 Å². The molecule has 0 aromatic carbocycles. The molecule has 3 aromatic heterocycles. The monoisotopic (exact) mass is 325 g/mol. The summed E-state index contributed by atoms with van der Waals surface area (Å²) in [7, 11) is 0. The van der Waals surface area contributed by atoms with Crippen LogP contribution >= 0.6 is 0 Å². The van der Waals surface area contributed by atoms with Crippen LogP contribution in [0.3, 0.4) is 0 Å². The van der Waals surface area contributed by atoms with Gasteiger partial charge in [0.2, 0.25) is 5.88 Å². The quantitative estimate of drug-likeness (QED) is 0.444. The average Bonchev–Trinajstić information content (AvgIpc) is 2.54. The molecule has 0 aliphatic carbocycles. The summed E-state index contributed by atoms with van der Waals surface area (Å²) in [6.07, 6.45) is 3.74. The van der Waals surface area contributed by atoms with Crippen molar-refractivity contribution >= 4 is 23.4 Å². The molecular formula is C15H11N5O4. The standard InChI is InChI=1S/C15H11N5O4/c1-9-4-5-19-13(6-9)18-14(21)11(15(19)22)8-17-12-3-2-10(7-16-12)20(23)24/h2-8,21H,1H3. The number of aliphatic imine (C=N–C) groups is 1. The molecule has 0 fully saturated rings. The maximum Gasteiger partial charge on any atom is 0.287 e. The maximum absolute atomic E-state index is 12.4. The first-order valence-electron chi connectivity index (χ1n) is 6.82. The summed E-state index contributed by atoms with van der Waals surface area (Å²) < 4.78 is 1.29. The number of hydrogen-bond donors (Lipinski definition) is 1. The number of nitrogens with zero attached hydrogens (tertiary/aromatic N) is 5. The van der Waals surface area contributed by atoms with Crippen LogP contribution < -0.4 is 5.56 Å². The van der Waals surface area contributed by atoms with E-state index in [-0.39, 0.29) is 17.1 Å². The Morgan fingerprint density at radius 2 is 2.17 bits per heavy atom. The van der Waals surface area contributed by atoms with E-state index in [1.807, 2.05) is 6.92 Å². The Bertz CT molecular complexity index is 1020. The van der Waals surface area contributed by atoms with Gasteiger partial charge in [-0.25, -0.2) is 9.98 Å². The lowest BCUT2D eigenvalue weighted by atomic mass is 10.3. The zero-order valence-electron chi connectivity index (χ0n) is 12.4. The van der Waals surface area contributed by atoms with Crippen LogP contribution in [0.5, 0.6) is 5.88 Å². The van der Waals surface area contributed by atoms with E-state index in [9.17, 15) is 20.0 Å². The van der Waals surface area contributed by atoms with E-state index in [1.54, 1.807) is 18.3 Å². The Morgan fingerprint density at radius 3 is 2.83 bits per heavy atom. The van der Waals surface area contributed by atoms with Gasteiger partial charge in [0, 0.05) is 18.5 Å². The molecule has 3 heterocycles. The van der Waals surface area contributed by atoms with Crippen LogP contribution in [-0.4, -0.2) is 30.6 Å². The molecule has 3 aromatic rings. The van der Waals surface area contributed by atoms with Gasteiger partial charge in [0.15, 0.2) is 5.82 Å². The van der Waals surface area contributed by atoms with Crippen molar-refractivity contribution in [3.63, 3.8) is 0 Å². The number of rotatable bonds is 3. The van der Waals surface area contributed by atoms with E-state index in [1.165, 1.54) is 16.5 Å². The summed E-state index contributed by atoms with van der Waals surface area (Å²) in [5, 5.41) is 20.5. The summed E-state index contributed by atoms with van der Waals surface area (Å²) in [6, 6.07) is 5.99. The third-order valence-electron chi connectivity index (χ3n) is 3.27. The van der Waals surface area contributed by atoms with Crippen molar-refractivity contribution < 1.29 is 10.0 Å². The molecule has 9 heteroatoms. The number of nitro groups is 1. The summed E-state index contributed by atoms with van der Waals surface area (Å²) in [6.45, 7) is 1.85. The molecule has 3 rings (SSSR count). The van der Waals surface area contributed by atoms with Crippen molar-refractivity contribution in [2.75, 3.05) is 0 Å². The lowest BCUT2D eigenvalue weighted by molar-refractivity contribution is -0.385. The fourth-order valence-electron chi connectivity index (χ4n) is 2.05. The SMILES string of the molecule is Cc1ccn2c(=O)c(C=Nc3ccc([N+](=O)[O-])cn3)c(O)nc2c1. The predicted octanol–water partition coefficient (Wildman–Crippen LogP) is 1.76. The molecule has 0 aliphatic rings. The minimum absolute atomic E-state index is 0.100. The van der Waals surface area contributed by atoms with Gasteiger partial charge in [-0.15, -0.1) is 0 Å². The molecule has 0 amide bonds. The van der Waals surface area contributed by atoms with Crippen LogP contribution in [0, 0.1) is 17.0 Å². The molecule has 0 atom stereocenters. The Balaban J connectivity index is 2.02. The summed E-state index contributed by atoms with van der Waals surface area (Å²) in [4.78, 5) is 34.1. The van der Waals surface area contributed by atoms with Crippen molar-refractivity contribution in [2.24, 2.45) is 4.99 Å². The topological polar surface area (TPSA) is 123 Å². The highest BCUT2D eigenvalue weighted by Crippen LogP contribution is 2.15. The van der Waals surface area contributed by atoms with Gasteiger partial charge in [-0.05, 0) is 30.7 Å². The third kappa shape index (κ3) is 2.82. The van der Waals surface area contributed by atoms with Gasteiger partial charge in [-0.2, -0.15) is 4.98 Å². The van der Waals surface area contributed by atoms with Crippen LogP contribution in [0.25, 0.3) is 5.65 Å². The molecule has 0 saturated heterocycles. The molecule has 120 valence electrons. The molecule has 0 saturated carbocycles. The van der Waals surface area contributed by atoms with Gasteiger partial charge < -0.3 is 5.11 Å². The first-order valence-corrected chi connectivity index (χ1v) is 6.82. The van der Waals surface area contributed by atoms with Crippen LogP contribution in [0.2, 0.25) is 0 Å². The van der Waals surface area contributed by atoms with E-state index in [0.29, 0.717) is 5.65 Å². The second kappa shape index (κ2) is 5.88. The van der Waals surface area contributed by atoms with Crippen molar-refractivity contribution in [3.8, 4) is 5.88 Å². The van der Waals surface area contributed by atoms with Gasteiger partial charge in [0.1, 0.15) is 17.4 Å². The van der Waals surface area contributed by atoms with Crippen LogP contribution in [0.1, 0.15) is 11.1 Å². The highest BCUT2D eigenvalue weighted by molar-refractivity contribution is 5.84. The van der Waals surface area contributed by atoms with E-state index in [2.05, 4.69) is 15.0 Å². The van der Waals surface area contributed by atoms with Crippen molar-refractivity contribution in [1.82, 2.24) is 14.4 Å². The third-order valence-corrected chi connectivity index (χ3v) is 3.27. The Hall–Kier alpha value is -3.62. The van der Waals surface area contributed by atoms with Gasteiger partial charge in [0.25, 0.3) is 11.2 Å². The Morgan fingerprint density at radius 1 is 1.38 bits per heavy atom. The molecule has 0 aliphatic heterocycles. The van der Waals surface area contributed by atoms with Crippen molar-refractivity contribution in [3.05, 3.63) is 68.3 Å². The number of aromatic hydroxyl groups is 1. The first-order chi connectivity index (χ1) is 11.5. The first kappa shape index (κ1) is 15.3. The highest BCUT2D eigenvalue weighted by atomic mass is 16.6. The molecule has 0 spiro atoms.